The number of benzene rings is 1. The summed E-state index contributed by atoms with van der Waals surface area (Å²) in [6.45, 7) is 1.33. The molecule has 112 valence electrons. The molecular formula is C15H19N3O3. The van der Waals surface area contributed by atoms with Crippen molar-refractivity contribution in [3.63, 3.8) is 0 Å². The summed E-state index contributed by atoms with van der Waals surface area (Å²) in [6.07, 6.45) is 0.484. The lowest BCUT2D eigenvalue weighted by Gasteiger charge is -2.07. The molecule has 0 saturated heterocycles. The Labute approximate surface area is 122 Å². The molecule has 0 spiro atoms. The predicted molar refractivity (Wildman–Crippen MR) is 81.6 cm³/mol. The Balaban J connectivity index is 1.90. The molecule has 0 aliphatic rings. The zero-order valence-corrected chi connectivity index (χ0v) is 11.9. The van der Waals surface area contributed by atoms with Crippen molar-refractivity contribution in [1.29, 1.82) is 0 Å². The van der Waals surface area contributed by atoms with Gasteiger partial charge >= 0.3 is 6.03 Å². The maximum atomic E-state index is 11.9. The third-order valence-electron chi connectivity index (χ3n) is 3.10. The molecule has 2 aromatic rings. The highest BCUT2D eigenvalue weighted by atomic mass is 16.5. The van der Waals surface area contributed by atoms with E-state index in [0.29, 0.717) is 31.7 Å². The molecule has 0 unspecified atom stereocenters. The molecule has 2 rings (SSSR count). The van der Waals surface area contributed by atoms with Gasteiger partial charge in [0.1, 0.15) is 0 Å². The molecule has 1 aromatic heterocycles. The second-order valence-electron chi connectivity index (χ2n) is 4.64. The van der Waals surface area contributed by atoms with E-state index in [1.807, 2.05) is 30.3 Å². The summed E-state index contributed by atoms with van der Waals surface area (Å²) in [5, 5.41) is 6.34. The molecule has 0 aliphatic carbocycles. The van der Waals surface area contributed by atoms with E-state index in [1.165, 1.54) is 0 Å². The van der Waals surface area contributed by atoms with Crippen LogP contribution in [0.4, 0.5) is 4.79 Å². The topological polar surface area (TPSA) is 83.2 Å². The first-order valence-corrected chi connectivity index (χ1v) is 6.82. The fraction of sp³-hybridized carbons (Fsp3) is 0.333. The zero-order chi connectivity index (χ0) is 15.1. The zero-order valence-electron chi connectivity index (χ0n) is 11.9. The number of hydrogen-bond donors (Lipinski definition) is 3. The minimum absolute atomic E-state index is 0.115. The van der Waals surface area contributed by atoms with Gasteiger partial charge in [-0.3, -0.25) is 4.79 Å². The molecule has 0 radical (unpaired) electrons. The Morgan fingerprint density at radius 1 is 1.24 bits per heavy atom. The SMILES string of the molecule is COCCNC(=O)NCCc1cc2ccccc2[nH]c1=O. The number of aromatic amines is 1. The van der Waals surface area contributed by atoms with Crippen LogP contribution >= 0.6 is 0 Å². The Morgan fingerprint density at radius 2 is 2.00 bits per heavy atom. The van der Waals surface area contributed by atoms with Crippen molar-refractivity contribution in [2.24, 2.45) is 0 Å². The predicted octanol–water partition coefficient (Wildman–Crippen LogP) is 1.02. The van der Waals surface area contributed by atoms with Crippen molar-refractivity contribution >= 4 is 16.9 Å². The Morgan fingerprint density at radius 3 is 2.81 bits per heavy atom. The molecule has 6 nitrogen and oxygen atoms in total. The standard InChI is InChI=1S/C15H19N3O3/c1-21-9-8-17-15(20)16-7-6-12-10-11-4-2-3-5-13(11)18-14(12)19/h2-5,10H,6-9H2,1H3,(H,18,19)(H2,16,17,20). The van der Waals surface area contributed by atoms with Crippen molar-refractivity contribution in [2.75, 3.05) is 26.8 Å². The summed E-state index contributed by atoms with van der Waals surface area (Å²) < 4.78 is 4.83. The number of nitrogens with one attached hydrogen (secondary N) is 3. The van der Waals surface area contributed by atoms with Crippen LogP contribution in [-0.4, -0.2) is 37.8 Å². The fourth-order valence-electron chi connectivity index (χ4n) is 2.02. The van der Waals surface area contributed by atoms with Crippen LogP contribution in [0.1, 0.15) is 5.56 Å². The first kappa shape index (κ1) is 15.1. The Bertz CT molecular complexity index is 667. The third-order valence-corrected chi connectivity index (χ3v) is 3.10. The quantitative estimate of drug-likeness (QED) is 0.694. The number of rotatable bonds is 6. The highest BCUT2D eigenvalue weighted by molar-refractivity contribution is 5.78. The van der Waals surface area contributed by atoms with Crippen LogP contribution in [-0.2, 0) is 11.2 Å². The third kappa shape index (κ3) is 4.32. The fourth-order valence-corrected chi connectivity index (χ4v) is 2.02. The highest BCUT2D eigenvalue weighted by Gasteiger charge is 2.04. The van der Waals surface area contributed by atoms with Crippen molar-refractivity contribution in [1.82, 2.24) is 15.6 Å². The number of fused-ring (bicyclic) bond motifs is 1. The lowest BCUT2D eigenvalue weighted by Crippen LogP contribution is -2.38. The molecule has 0 saturated carbocycles. The van der Waals surface area contributed by atoms with Gasteiger partial charge in [0.15, 0.2) is 0 Å². The normalized spacial score (nSPS) is 10.5. The number of carbonyl (C=O) groups excluding carboxylic acids is 1. The van der Waals surface area contributed by atoms with Gasteiger partial charge in [-0.1, -0.05) is 18.2 Å². The molecule has 0 bridgehead atoms. The van der Waals surface area contributed by atoms with Crippen LogP contribution in [0.25, 0.3) is 10.9 Å². The highest BCUT2D eigenvalue weighted by Crippen LogP contribution is 2.09. The van der Waals surface area contributed by atoms with Gasteiger partial charge < -0.3 is 20.4 Å². The van der Waals surface area contributed by atoms with Gasteiger partial charge in [-0.25, -0.2) is 4.79 Å². The summed E-state index contributed by atoms with van der Waals surface area (Å²) in [7, 11) is 1.57. The maximum Gasteiger partial charge on any atom is 0.314 e. The number of H-pyrrole nitrogens is 1. The van der Waals surface area contributed by atoms with Crippen LogP contribution in [0, 0.1) is 0 Å². The van der Waals surface area contributed by atoms with Gasteiger partial charge in [-0.15, -0.1) is 0 Å². The smallest absolute Gasteiger partial charge is 0.314 e. The van der Waals surface area contributed by atoms with E-state index in [2.05, 4.69) is 15.6 Å². The van der Waals surface area contributed by atoms with Crippen LogP contribution in [0.5, 0.6) is 0 Å². The minimum Gasteiger partial charge on any atom is -0.383 e. The largest absolute Gasteiger partial charge is 0.383 e. The summed E-state index contributed by atoms with van der Waals surface area (Å²) >= 11 is 0. The number of pyridine rings is 1. The summed E-state index contributed by atoms with van der Waals surface area (Å²) in [6, 6.07) is 9.21. The number of methoxy groups -OCH3 is 1. The first-order chi connectivity index (χ1) is 10.2. The van der Waals surface area contributed by atoms with Gasteiger partial charge in [-0.05, 0) is 23.9 Å². The lowest BCUT2D eigenvalue weighted by molar-refractivity contribution is 0.196. The average molecular weight is 289 g/mol. The van der Waals surface area contributed by atoms with Crippen LogP contribution in [0.2, 0.25) is 0 Å². The number of amides is 2. The maximum absolute atomic E-state index is 11.9. The van der Waals surface area contributed by atoms with Gasteiger partial charge in [0.25, 0.3) is 5.56 Å². The molecule has 1 heterocycles. The molecule has 3 N–H and O–H groups in total. The lowest BCUT2D eigenvalue weighted by atomic mass is 10.1. The van der Waals surface area contributed by atoms with Crippen molar-refractivity contribution < 1.29 is 9.53 Å². The molecule has 0 aliphatic heterocycles. The second-order valence-corrected chi connectivity index (χ2v) is 4.64. The molecule has 2 amide bonds. The molecular weight excluding hydrogens is 270 g/mol. The van der Waals surface area contributed by atoms with Crippen LogP contribution in [0.15, 0.2) is 35.1 Å². The number of ether oxygens (including phenoxy) is 1. The second kappa shape index (κ2) is 7.44. The van der Waals surface area contributed by atoms with Crippen molar-refractivity contribution in [3.05, 3.63) is 46.2 Å². The molecule has 0 atom stereocenters. The minimum atomic E-state index is -0.260. The summed E-state index contributed by atoms with van der Waals surface area (Å²) in [4.78, 5) is 26.2. The van der Waals surface area contributed by atoms with Gasteiger partial charge in [0.05, 0.1) is 6.61 Å². The summed E-state index contributed by atoms with van der Waals surface area (Å²) in [5.74, 6) is 0. The number of carbonyl (C=O) groups is 1. The molecule has 6 heteroatoms. The van der Waals surface area contributed by atoms with Crippen molar-refractivity contribution in [3.8, 4) is 0 Å². The van der Waals surface area contributed by atoms with E-state index >= 15 is 0 Å². The summed E-state index contributed by atoms with van der Waals surface area (Å²) in [5.41, 5.74) is 1.36. The van der Waals surface area contributed by atoms with Gasteiger partial charge in [0, 0.05) is 31.3 Å². The van der Waals surface area contributed by atoms with Crippen LogP contribution < -0.4 is 16.2 Å². The Kier molecular flexibility index (Phi) is 5.34. The number of urea groups is 1. The van der Waals surface area contributed by atoms with E-state index in [0.717, 1.165) is 10.9 Å². The number of para-hydroxylation sites is 1. The van der Waals surface area contributed by atoms with Crippen LogP contribution in [0.3, 0.4) is 0 Å². The van der Waals surface area contributed by atoms with Crippen molar-refractivity contribution in [2.45, 2.75) is 6.42 Å². The van der Waals surface area contributed by atoms with E-state index in [4.69, 9.17) is 4.74 Å². The van der Waals surface area contributed by atoms with E-state index in [-0.39, 0.29) is 11.6 Å². The first-order valence-electron chi connectivity index (χ1n) is 6.82. The molecule has 1 aromatic carbocycles. The van der Waals surface area contributed by atoms with E-state index in [9.17, 15) is 9.59 Å². The number of hydrogen-bond acceptors (Lipinski definition) is 3. The molecule has 0 fully saturated rings. The van der Waals surface area contributed by atoms with Gasteiger partial charge in [-0.2, -0.15) is 0 Å². The van der Waals surface area contributed by atoms with E-state index < -0.39 is 0 Å². The van der Waals surface area contributed by atoms with E-state index in [1.54, 1.807) is 7.11 Å². The monoisotopic (exact) mass is 289 g/mol. The average Bonchev–Trinajstić information content (AvgIpc) is 2.48. The Hall–Kier alpha value is -2.34. The van der Waals surface area contributed by atoms with Gasteiger partial charge in [0.2, 0.25) is 0 Å². The number of aromatic nitrogens is 1. The molecule has 21 heavy (non-hydrogen) atoms.